The molecule has 1 saturated carbocycles. The van der Waals surface area contributed by atoms with E-state index in [1.807, 2.05) is 41.3 Å². The number of likely N-dealkylation sites (tertiary alicyclic amines) is 1. The van der Waals surface area contributed by atoms with Crippen LogP contribution in [0.1, 0.15) is 49.3 Å². The number of rotatable bonds is 5. The first kappa shape index (κ1) is 22.6. The number of hydrogen-bond donors (Lipinski definition) is 1. The fourth-order valence-electron chi connectivity index (χ4n) is 5.66. The minimum atomic E-state index is -0.756. The summed E-state index contributed by atoms with van der Waals surface area (Å²) in [5.74, 6) is 2.54. The molecule has 1 saturated heterocycles. The van der Waals surface area contributed by atoms with Gasteiger partial charge in [-0.15, -0.1) is 0 Å². The summed E-state index contributed by atoms with van der Waals surface area (Å²) in [4.78, 5) is 15.4. The number of carbonyl (C=O) groups excluding carboxylic acids is 1. The smallest absolute Gasteiger partial charge is 0.247 e. The van der Waals surface area contributed by atoms with Crippen LogP contribution in [-0.2, 0) is 4.79 Å². The van der Waals surface area contributed by atoms with Crippen molar-refractivity contribution < 1.29 is 28.8 Å². The van der Waals surface area contributed by atoms with E-state index >= 15 is 0 Å². The van der Waals surface area contributed by atoms with Crippen LogP contribution in [-0.4, -0.2) is 49.1 Å². The van der Waals surface area contributed by atoms with E-state index in [-0.39, 0.29) is 24.7 Å². The van der Waals surface area contributed by atoms with E-state index in [0.717, 1.165) is 36.8 Å². The summed E-state index contributed by atoms with van der Waals surface area (Å²) in [5.41, 5.74) is 1.06. The van der Waals surface area contributed by atoms with E-state index in [4.69, 9.17) is 18.9 Å². The van der Waals surface area contributed by atoms with Gasteiger partial charge in [-0.3, -0.25) is 4.79 Å². The number of nitrogens with zero attached hydrogens (tertiary/aromatic N) is 1. The zero-order chi connectivity index (χ0) is 23.7. The minimum absolute atomic E-state index is 0.0315. The first-order valence-electron chi connectivity index (χ1n) is 11.8. The second-order valence-electron chi connectivity index (χ2n) is 9.24. The van der Waals surface area contributed by atoms with Crippen molar-refractivity contribution in [3.8, 4) is 23.0 Å². The molecule has 1 amide bonds. The Hall–Kier alpha value is -3.19. The van der Waals surface area contributed by atoms with Crippen molar-refractivity contribution in [3.05, 3.63) is 53.6 Å². The Morgan fingerprint density at radius 2 is 1.88 bits per heavy atom. The van der Waals surface area contributed by atoms with Crippen molar-refractivity contribution >= 4 is 12.0 Å². The van der Waals surface area contributed by atoms with Crippen molar-refractivity contribution in [1.29, 1.82) is 0 Å². The van der Waals surface area contributed by atoms with E-state index in [9.17, 15) is 9.90 Å². The van der Waals surface area contributed by atoms with E-state index in [1.54, 1.807) is 26.4 Å². The summed E-state index contributed by atoms with van der Waals surface area (Å²) in [5, 5.41) is 11.5. The SMILES string of the molecule is COc1ccc([C@@H]2[C@H]3CCCC[C@]3(O)CCN2C(=O)C=Cc2ccc3c(c2)OCO3)cc1OC. The zero-order valence-electron chi connectivity index (χ0n) is 19.7. The van der Waals surface area contributed by atoms with Crippen LogP contribution in [0.4, 0.5) is 0 Å². The van der Waals surface area contributed by atoms with Crippen LogP contribution in [0.2, 0.25) is 0 Å². The third-order valence-corrected chi connectivity index (χ3v) is 7.41. The van der Waals surface area contributed by atoms with Gasteiger partial charge in [0.2, 0.25) is 12.7 Å². The largest absolute Gasteiger partial charge is 0.493 e. The highest BCUT2D eigenvalue weighted by Gasteiger charge is 2.50. The Bertz CT molecular complexity index is 1100. The molecular formula is C27H31NO6. The van der Waals surface area contributed by atoms with Crippen LogP contribution >= 0.6 is 0 Å². The molecule has 2 aromatic carbocycles. The molecule has 0 unspecified atom stereocenters. The number of fused-ring (bicyclic) bond motifs is 2. The Labute approximate surface area is 199 Å². The molecule has 5 rings (SSSR count). The lowest BCUT2D eigenvalue weighted by molar-refractivity contribution is -0.150. The van der Waals surface area contributed by atoms with Gasteiger partial charge in [-0.05, 0) is 60.7 Å². The molecule has 0 radical (unpaired) electrons. The maximum absolute atomic E-state index is 13.5. The average Bonchev–Trinajstić information content (AvgIpc) is 3.34. The Morgan fingerprint density at radius 1 is 1.06 bits per heavy atom. The number of carbonyl (C=O) groups is 1. The zero-order valence-corrected chi connectivity index (χ0v) is 19.7. The van der Waals surface area contributed by atoms with E-state index in [0.29, 0.717) is 36.0 Å². The monoisotopic (exact) mass is 465 g/mol. The van der Waals surface area contributed by atoms with Gasteiger partial charge in [0.1, 0.15) is 0 Å². The fourth-order valence-corrected chi connectivity index (χ4v) is 5.66. The fraction of sp³-hybridized carbons (Fsp3) is 0.444. The maximum atomic E-state index is 13.5. The maximum Gasteiger partial charge on any atom is 0.247 e. The molecule has 2 aliphatic heterocycles. The summed E-state index contributed by atoms with van der Waals surface area (Å²) in [6.07, 6.45) is 7.72. The molecule has 2 aromatic rings. The van der Waals surface area contributed by atoms with Crippen molar-refractivity contribution in [2.24, 2.45) is 5.92 Å². The summed E-state index contributed by atoms with van der Waals surface area (Å²) in [6.45, 7) is 0.711. The highest BCUT2D eigenvalue weighted by molar-refractivity contribution is 5.92. The second kappa shape index (κ2) is 9.22. The molecule has 3 atom stereocenters. The number of benzene rings is 2. The summed E-state index contributed by atoms with van der Waals surface area (Å²) >= 11 is 0. The third kappa shape index (κ3) is 4.09. The van der Waals surface area contributed by atoms with Gasteiger partial charge in [0.05, 0.1) is 25.9 Å². The molecule has 180 valence electrons. The Kier molecular flexibility index (Phi) is 6.13. The topological polar surface area (TPSA) is 77.5 Å². The molecular weight excluding hydrogens is 434 g/mol. The predicted molar refractivity (Wildman–Crippen MR) is 127 cm³/mol. The first-order valence-corrected chi connectivity index (χ1v) is 11.8. The number of aliphatic hydroxyl groups is 1. The summed E-state index contributed by atoms with van der Waals surface area (Å²) in [7, 11) is 3.21. The molecule has 34 heavy (non-hydrogen) atoms. The van der Waals surface area contributed by atoms with Crippen molar-refractivity contribution in [1.82, 2.24) is 4.90 Å². The number of methoxy groups -OCH3 is 2. The minimum Gasteiger partial charge on any atom is -0.493 e. The highest BCUT2D eigenvalue weighted by atomic mass is 16.7. The molecule has 0 spiro atoms. The van der Waals surface area contributed by atoms with Gasteiger partial charge in [-0.25, -0.2) is 0 Å². The van der Waals surface area contributed by atoms with Gasteiger partial charge in [0, 0.05) is 18.5 Å². The van der Waals surface area contributed by atoms with Gasteiger partial charge in [-0.2, -0.15) is 0 Å². The second-order valence-corrected chi connectivity index (χ2v) is 9.24. The van der Waals surface area contributed by atoms with Gasteiger partial charge >= 0.3 is 0 Å². The predicted octanol–water partition coefficient (Wildman–Crippen LogP) is 4.34. The number of ether oxygens (including phenoxy) is 4. The van der Waals surface area contributed by atoms with Crippen molar-refractivity contribution in [2.75, 3.05) is 27.6 Å². The van der Waals surface area contributed by atoms with Crippen LogP contribution in [0.25, 0.3) is 6.08 Å². The number of piperidine rings is 1. The number of hydrogen-bond acceptors (Lipinski definition) is 6. The van der Waals surface area contributed by atoms with Gasteiger partial charge in [-0.1, -0.05) is 25.0 Å². The molecule has 7 nitrogen and oxygen atoms in total. The van der Waals surface area contributed by atoms with Crippen molar-refractivity contribution in [2.45, 2.75) is 43.7 Å². The molecule has 2 fully saturated rings. The Balaban J connectivity index is 1.46. The summed E-state index contributed by atoms with van der Waals surface area (Å²) in [6, 6.07) is 11.2. The van der Waals surface area contributed by atoms with Gasteiger partial charge in [0.25, 0.3) is 0 Å². The van der Waals surface area contributed by atoms with Crippen LogP contribution in [0.5, 0.6) is 23.0 Å². The van der Waals surface area contributed by atoms with E-state index in [2.05, 4.69) is 0 Å². The number of amides is 1. The molecule has 0 aromatic heterocycles. The standard InChI is InChI=1S/C27H31NO6/c1-31-21-10-8-19(16-23(21)32-2)26-20-5-3-4-12-27(20,30)13-14-28(26)25(29)11-7-18-6-9-22-24(15-18)34-17-33-22/h6-11,15-16,20,26,30H,3-5,12-14,17H2,1-2H3/t20-,26-,27+/m1/s1. The molecule has 1 aliphatic carbocycles. The van der Waals surface area contributed by atoms with Crippen molar-refractivity contribution in [3.63, 3.8) is 0 Å². The summed E-state index contributed by atoms with van der Waals surface area (Å²) < 4.78 is 21.8. The average molecular weight is 466 g/mol. The van der Waals surface area contributed by atoms with Crippen LogP contribution in [0.15, 0.2) is 42.5 Å². The van der Waals surface area contributed by atoms with Gasteiger partial charge in [0.15, 0.2) is 23.0 Å². The molecule has 7 heteroatoms. The quantitative estimate of drug-likeness (QED) is 0.662. The molecule has 0 bridgehead atoms. The lowest BCUT2D eigenvalue weighted by atomic mass is 9.66. The molecule has 3 aliphatic rings. The lowest BCUT2D eigenvalue weighted by Crippen LogP contribution is -2.56. The Morgan fingerprint density at radius 3 is 2.71 bits per heavy atom. The van der Waals surface area contributed by atoms with Crippen LogP contribution in [0, 0.1) is 5.92 Å². The van der Waals surface area contributed by atoms with E-state index < -0.39 is 5.60 Å². The first-order chi connectivity index (χ1) is 16.5. The normalized spacial score (nSPS) is 25.8. The van der Waals surface area contributed by atoms with Crippen LogP contribution in [0.3, 0.4) is 0 Å². The van der Waals surface area contributed by atoms with Gasteiger partial charge < -0.3 is 29.0 Å². The third-order valence-electron chi connectivity index (χ3n) is 7.41. The highest BCUT2D eigenvalue weighted by Crippen LogP contribution is 2.50. The molecule has 1 N–H and O–H groups in total. The van der Waals surface area contributed by atoms with Crippen LogP contribution < -0.4 is 18.9 Å². The van der Waals surface area contributed by atoms with E-state index in [1.165, 1.54) is 0 Å². The lowest BCUT2D eigenvalue weighted by Gasteiger charge is -2.52. The molecule has 2 heterocycles.